The van der Waals surface area contributed by atoms with Crippen LogP contribution in [0.3, 0.4) is 0 Å². The molecular formula is C14H23N3O2. The maximum Gasteiger partial charge on any atom is 0.255 e. The fourth-order valence-electron chi connectivity index (χ4n) is 1.54. The number of anilines is 1. The summed E-state index contributed by atoms with van der Waals surface area (Å²) in [6, 6.07) is 3.49. The van der Waals surface area contributed by atoms with Crippen molar-refractivity contribution in [3.05, 3.63) is 23.9 Å². The zero-order valence-electron chi connectivity index (χ0n) is 11.9. The molecule has 0 saturated heterocycles. The zero-order valence-corrected chi connectivity index (χ0v) is 11.9. The van der Waals surface area contributed by atoms with E-state index in [-0.39, 0.29) is 5.91 Å². The average Bonchev–Trinajstić information content (AvgIpc) is 2.42. The Morgan fingerprint density at radius 2 is 2.21 bits per heavy atom. The van der Waals surface area contributed by atoms with Crippen molar-refractivity contribution in [2.24, 2.45) is 5.92 Å². The molecule has 0 saturated carbocycles. The number of carbonyl (C=O) groups is 1. The first kappa shape index (κ1) is 15.4. The Balaban J connectivity index is 2.28. The molecule has 1 rings (SSSR count). The van der Waals surface area contributed by atoms with Gasteiger partial charge < -0.3 is 15.4 Å². The van der Waals surface area contributed by atoms with E-state index < -0.39 is 0 Å². The van der Waals surface area contributed by atoms with Gasteiger partial charge in [-0.1, -0.05) is 13.8 Å². The summed E-state index contributed by atoms with van der Waals surface area (Å²) < 4.78 is 5.44. The maximum absolute atomic E-state index is 11.9. The van der Waals surface area contributed by atoms with Gasteiger partial charge in [-0.2, -0.15) is 0 Å². The van der Waals surface area contributed by atoms with Crippen molar-refractivity contribution >= 4 is 11.7 Å². The molecular weight excluding hydrogens is 242 g/mol. The second-order valence-corrected chi connectivity index (χ2v) is 4.70. The van der Waals surface area contributed by atoms with Gasteiger partial charge in [-0.25, -0.2) is 4.98 Å². The fraction of sp³-hybridized carbons (Fsp3) is 0.571. The predicted octanol–water partition coefficient (Wildman–Crippen LogP) is 1.92. The predicted molar refractivity (Wildman–Crippen MR) is 76.4 cm³/mol. The molecule has 1 heterocycles. The Labute approximate surface area is 114 Å². The van der Waals surface area contributed by atoms with Gasteiger partial charge in [-0.05, 0) is 24.5 Å². The highest BCUT2D eigenvalue weighted by Gasteiger charge is 2.10. The van der Waals surface area contributed by atoms with Gasteiger partial charge in [-0.3, -0.25) is 4.79 Å². The second kappa shape index (κ2) is 8.48. The standard InChI is InChI=1S/C14H23N3O2/c1-11(2)6-9-19-10-8-17-14(18)12-5-4-7-16-13(12)15-3/h4-5,7,11H,6,8-10H2,1-3H3,(H,15,16)(H,17,18). The van der Waals surface area contributed by atoms with E-state index in [2.05, 4.69) is 29.5 Å². The van der Waals surface area contributed by atoms with Crippen LogP contribution in [0.5, 0.6) is 0 Å². The van der Waals surface area contributed by atoms with Crippen LogP contribution in [0.25, 0.3) is 0 Å². The molecule has 0 aliphatic heterocycles. The normalized spacial score (nSPS) is 10.5. The molecule has 0 unspecified atom stereocenters. The van der Waals surface area contributed by atoms with Gasteiger partial charge in [0.2, 0.25) is 0 Å². The summed E-state index contributed by atoms with van der Waals surface area (Å²) in [5.41, 5.74) is 0.548. The van der Waals surface area contributed by atoms with Gasteiger partial charge in [0.1, 0.15) is 5.82 Å². The van der Waals surface area contributed by atoms with E-state index >= 15 is 0 Å². The summed E-state index contributed by atoms with van der Waals surface area (Å²) in [4.78, 5) is 16.0. The molecule has 0 fully saturated rings. The van der Waals surface area contributed by atoms with E-state index in [0.29, 0.717) is 30.5 Å². The van der Waals surface area contributed by atoms with E-state index in [4.69, 9.17) is 4.74 Å². The highest BCUT2D eigenvalue weighted by Crippen LogP contribution is 2.09. The van der Waals surface area contributed by atoms with Crippen LogP contribution in [0, 0.1) is 5.92 Å². The van der Waals surface area contributed by atoms with Crippen molar-refractivity contribution in [2.75, 3.05) is 32.1 Å². The smallest absolute Gasteiger partial charge is 0.255 e. The number of nitrogens with one attached hydrogen (secondary N) is 2. The molecule has 0 atom stereocenters. The first-order chi connectivity index (χ1) is 9.15. The number of amides is 1. The number of aromatic nitrogens is 1. The molecule has 0 radical (unpaired) electrons. The van der Waals surface area contributed by atoms with Crippen molar-refractivity contribution in [2.45, 2.75) is 20.3 Å². The molecule has 5 heteroatoms. The third-order valence-corrected chi connectivity index (χ3v) is 2.66. The van der Waals surface area contributed by atoms with Gasteiger partial charge in [0.25, 0.3) is 5.91 Å². The molecule has 19 heavy (non-hydrogen) atoms. The van der Waals surface area contributed by atoms with E-state index in [0.717, 1.165) is 13.0 Å². The lowest BCUT2D eigenvalue weighted by Crippen LogP contribution is -2.28. The molecule has 1 aromatic heterocycles. The lowest BCUT2D eigenvalue weighted by Gasteiger charge is -2.09. The van der Waals surface area contributed by atoms with Crippen molar-refractivity contribution in [3.63, 3.8) is 0 Å². The minimum absolute atomic E-state index is 0.134. The molecule has 1 aromatic rings. The molecule has 1 amide bonds. The minimum Gasteiger partial charge on any atom is -0.380 e. The maximum atomic E-state index is 11.9. The van der Waals surface area contributed by atoms with Crippen molar-refractivity contribution in [1.29, 1.82) is 0 Å². The Morgan fingerprint density at radius 3 is 2.89 bits per heavy atom. The van der Waals surface area contributed by atoms with Crippen LogP contribution in [-0.4, -0.2) is 37.7 Å². The summed E-state index contributed by atoms with van der Waals surface area (Å²) in [6.45, 7) is 6.10. The topological polar surface area (TPSA) is 63.2 Å². The van der Waals surface area contributed by atoms with Crippen LogP contribution in [0.15, 0.2) is 18.3 Å². The molecule has 0 aliphatic rings. The van der Waals surface area contributed by atoms with Crippen molar-refractivity contribution in [1.82, 2.24) is 10.3 Å². The minimum atomic E-state index is -0.134. The largest absolute Gasteiger partial charge is 0.380 e. The van der Waals surface area contributed by atoms with Crippen LogP contribution < -0.4 is 10.6 Å². The highest BCUT2D eigenvalue weighted by molar-refractivity contribution is 5.98. The van der Waals surface area contributed by atoms with Gasteiger partial charge in [0.15, 0.2) is 0 Å². The third kappa shape index (κ3) is 5.70. The number of pyridine rings is 1. The van der Waals surface area contributed by atoms with Crippen LogP contribution in [0.1, 0.15) is 30.6 Å². The summed E-state index contributed by atoms with van der Waals surface area (Å²) in [7, 11) is 1.74. The molecule has 5 nitrogen and oxygen atoms in total. The molecule has 0 aromatic carbocycles. The second-order valence-electron chi connectivity index (χ2n) is 4.70. The Bertz CT molecular complexity index is 394. The SMILES string of the molecule is CNc1ncccc1C(=O)NCCOCCC(C)C. The van der Waals surface area contributed by atoms with Crippen LogP contribution >= 0.6 is 0 Å². The number of hydrogen-bond acceptors (Lipinski definition) is 4. The third-order valence-electron chi connectivity index (χ3n) is 2.66. The number of rotatable bonds is 8. The lowest BCUT2D eigenvalue weighted by molar-refractivity contribution is 0.0906. The molecule has 0 spiro atoms. The number of carbonyl (C=O) groups excluding carboxylic acids is 1. The van der Waals surface area contributed by atoms with Crippen molar-refractivity contribution < 1.29 is 9.53 Å². The summed E-state index contributed by atoms with van der Waals surface area (Å²) in [6.07, 6.45) is 2.69. The lowest BCUT2D eigenvalue weighted by atomic mass is 10.1. The number of hydrogen-bond donors (Lipinski definition) is 2. The van der Waals surface area contributed by atoms with Gasteiger partial charge in [0.05, 0.1) is 12.2 Å². The van der Waals surface area contributed by atoms with Crippen LogP contribution in [0.4, 0.5) is 5.82 Å². The number of ether oxygens (including phenoxy) is 1. The molecule has 2 N–H and O–H groups in total. The van der Waals surface area contributed by atoms with Gasteiger partial charge >= 0.3 is 0 Å². The molecule has 0 bridgehead atoms. The Morgan fingerprint density at radius 1 is 1.42 bits per heavy atom. The van der Waals surface area contributed by atoms with Crippen LogP contribution in [0.2, 0.25) is 0 Å². The summed E-state index contributed by atoms with van der Waals surface area (Å²) in [5.74, 6) is 1.09. The Hall–Kier alpha value is -1.62. The van der Waals surface area contributed by atoms with Crippen LogP contribution in [-0.2, 0) is 4.74 Å². The zero-order chi connectivity index (χ0) is 14.1. The highest BCUT2D eigenvalue weighted by atomic mass is 16.5. The monoisotopic (exact) mass is 265 g/mol. The summed E-state index contributed by atoms with van der Waals surface area (Å²) in [5, 5.41) is 5.71. The van der Waals surface area contributed by atoms with E-state index in [1.807, 2.05) is 0 Å². The van der Waals surface area contributed by atoms with E-state index in [1.165, 1.54) is 0 Å². The average molecular weight is 265 g/mol. The first-order valence-electron chi connectivity index (χ1n) is 6.64. The quantitative estimate of drug-likeness (QED) is 0.705. The summed E-state index contributed by atoms with van der Waals surface area (Å²) >= 11 is 0. The fourth-order valence-corrected chi connectivity index (χ4v) is 1.54. The van der Waals surface area contributed by atoms with E-state index in [9.17, 15) is 4.79 Å². The van der Waals surface area contributed by atoms with Gasteiger partial charge in [-0.15, -0.1) is 0 Å². The van der Waals surface area contributed by atoms with E-state index in [1.54, 1.807) is 25.4 Å². The first-order valence-corrected chi connectivity index (χ1v) is 6.64. The molecule has 0 aliphatic carbocycles. The Kier molecular flexibility index (Phi) is 6.89. The number of nitrogens with zero attached hydrogens (tertiary/aromatic N) is 1. The molecule has 106 valence electrons. The van der Waals surface area contributed by atoms with Crippen molar-refractivity contribution in [3.8, 4) is 0 Å². The van der Waals surface area contributed by atoms with Gasteiger partial charge in [0, 0.05) is 26.4 Å².